The van der Waals surface area contributed by atoms with E-state index < -0.39 is 0 Å². The van der Waals surface area contributed by atoms with Crippen LogP contribution in [0.25, 0.3) is 5.65 Å². The number of anilines is 2. The molecule has 0 spiro atoms. The Bertz CT molecular complexity index is 604. The van der Waals surface area contributed by atoms with Crippen LogP contribution in [0.15, 0.2) is 23.1 Å². The zero-order valence-electron chi connectivity index (χ0n) is 10.6. The molecule has 0 unspecified atom stereocenters. The number of fused-ring (bicyclic) bond motifs is 1. The van der Waals surface area contributed by atoms with Crippen LogP contribution in [0.1, 0.15) is 25.7 Å². The van der Waals surface area contributed by atoms with E-state index in [1.807, 2.05) is 16.7 Å². The molecule has 2 aromatic rings. The maximum atomic E-state index is 9.65. The lowest BCUT2D eigenvalue weighted by Gasteiger charge is -2.29. The molecule has 3 rings (SSSR count). The van der Waals surface area contributed by atoms with Gasteiger partial charge in [0.2, 0.25) is 0 Å². The van der Waals surface area contributed by atoms with Gasteiger partial charge in [0.1, 0.15) is 4.60 Å². The normalized spacial score (nSPS) is 18.0. The molecule has 1 saturated carbocycles. The first-order valence-corrected chi connectivity index (χ1v) is 7.24. The summed E-state index contributed by atoms with van der Waals surface area (Å²) in [5, 5.41) is 13.1. The van der Waals surface area contributed by atoms with Gasteiger partial charge < -0.3 is 16.2 Å². The molecule has 2 heterocycles. The predicted octanol–water partition coefficient (Wildman–Crippen LogP) is 2.40. The molecule has 0 atom stereocenters. The smallest absolute Gasteiger partial charge is 0.161 e. The number of nitrogens with zero attached hydrogens (tertiary/aromatic N) is 2. The van der Waals surface area contributed by atoms with Gasteiger partial charge in [-0.1, -0.05) is 12.8 Å². The molecule has 0 aliphatic heterocycles. The average Bonchev–Trinajstić information content (AvgIpc) is 2.99. The van der Waals surface area contributed by atoms with Crippen LogP contribution in [0.3, 0.4) is 0 Å². The number of pyridine rings is 1. The van der Waals surface area contributed by atoms with Crippen LogP contribution in [-0.2, 0) is 0 Å². The van der Waals surface area contributed by atoms with Crippen molar-refractivity contribution in [1.82, 2.24) is 9.38 Å². The maximum Gasteiger partial charge on any atom is 0.161 e. The van der Waals surface area contributed by atoms with Crippen molar-refractivity contribution in [3.05, 3.63) is 23.1 Å². The molecule has 5 nitrogen and oxygen atoms in total. The van der Waals surface area contributed by atoms with E-state index in [-0.39, 0.29) is 12.1 Å². The van der Waals surface area contributed by atoms with Gasteiger partial charge in [0, 0.05) is 6.20 Å². The Morgan fingerprint density at radius 2 is 2.21 bits per heavy atom. The number of hydrogen-bond acceptors (Lipinski definition) is 4. The second-order valence-electron chi connectivity index (χ2n) is 5.23. The van der Waals surface area contributed by atoms with Crippen molar-refractivity contribution in [2.24, 2.45) is 0 Å². The first-order valence-electron chi connectivity index (χ1n) is 6.45. The standard InChI is InChI=1S/C13H17BrN4O/c14-11-6-16-12-10(15)5-9(7-18(11)12)17-13(8-19)3-1-2-4-13/h5-7,17,19H,1-4,8,15H2. The minimum atomic E-state index is -0.201. The van der Waals surface area contributed by atoms with E-state index in [0.717, 1.165) is 41.6 Å². The first kappa shape index (κ1) is 12.7. The number of nitrogens with two attached hydrogens (primary N) is 1. The predicted molar refractivity (Wildman–Crippen MR) is 79.2 cm³/mol. The number of hydrogen-bond donors (Lipinski definition) is 3. The molecule has 0 aromatic carbocycles. The summed E-state index contributed by atoms with van der Waals surface area (Å²) in [6, 6.07) is 1.88. The summed E-state index contributed by atoms with van der Waals surface area (Å²) >= 11 is 3.45. The third-order valence-electron chi connectivity index (χ3n) is 3.86. The number of aromatic nitrogens is 2. The van der Waals surface area contributed by atoms with Gasteiger partial charge >= 0.3 is 0 Å². The van der Waals surface area contributed by atoms with Crippen LogP contribution in [0.4, 0.5) is 11.4 Å². The number of nitrogen functional groups attached to an aromatic ring is 1. The topological polar surface area (TPSA) is 75.6 Å². The summed E-state index contributed by atoms with van der Waals surface area (Å²) in [5.41, 5.74) is 8.10. The van der Waals surface area contributed by atoms with Crippen molar-refractivity contribution in [3.8, 4) is 0 Å². The Kier molecular flexibility index (Phi) is 3.14. The fourth-order valence-electron chi connectivity index (χ4n) is 2.83. The lowest BCUT2D eigenvalue weighted by atomic mass is 9.98. The number of nitrogens with one attached hydrogen (secondary N) is 1. The van der Waals surface area contributed by atoms with E-state index in [1.165, 1.54) is 0 Å². The molecular weight excluding hydrogens is 308 g/mol. The van der Waals surface area contributed by atoms with E-state index in [4.69, 9.17) is 5.73 Å². The Morgan fingerprint density at radius 3 is 2.89 bits per heavy atom. The van der Waals surface area contributed by atoms with Gasteiger partial charge in [0.25, 0.3) is 0 Å². The number of aliphatic hydroxyl groups is 1. The highest BCUT2D eigenvalue weighted by Crippen LogP contribution is 2.33. The van der Waals surface area contributed by atoms with Crippen LogP contribution < -0.4 is 11.1 Å². The summed E-state index contributed by atoms with van der Waals surface area (Å²) in [5.74, 6) is 0. The fraction of sp³-hybridized carbons (Fsp3) is 0.462. The van der Waals surface area contributed by atoms with Crippen molar-refractivity contribution < 1.29 is 5.11 Å². The highest BCUT2D eigenvalue weighted by Gasteiger charge is 2.33. The number of halogens is 1. The molecular formula is C13H17BrN4O. The van der Waals surface area contributed by atoms with Gasteiger partial charge in [-0.25, -0.2) is 4.98 Å². The molecule has 1 fully saturated rings. The Morgan fingerprint density at radius 1 is 1.47 bits per heavy atom. The van der Waals surface area contributed by atoms with Gasteiger partial charge in [0.15, 0.2) is 5.65 Å². The molecule has 0 amide bonds. The quantitative estimate of drug-likeness (QED) is 0.810. The van der Waals surface area contributed by atoms with E-state index >= 15 is 0 Å². The van der Waals surface area contributed by atoms with Crippen molar-refractivity contribution in [3.63, 3.8) is 0 Å². The summed E-state index contributed by atoms with van der Waals surface area (Å²) in [6.45, 7) is 0.149. The van der Waals surface area contributed by atoms with Gasteiger partial charge in [0.05, 0.1) is 29.7 Å². The highest BCUT2D eigenvalue weighted by atomic mass is 79.9. The van der Waals surface area contributed by atoms with Crippen LogP contribution in [0.2, 0.25) is 0 Å². The zero-order chi connectivity index (χ0) is 13.5. The van der Waals surface area contributed by atoms with Crippen LogP contribution in [-0.4, -0.2) is 26.6 Å². The zero-order valence-corrected chi connectivity index (χ0v) is 12.2. The highest BCUT2D eigenvalue weighted by molar-refractivity contribution is 9.10. The lowest BCUT2D eigenvalue weighted by molar-refractivity contribution is 0.214. The molecule has 0 bridgehead atoms. The third kappa shape index (κ3) is 2.19. The largest absolute Gasteiger partial charge is 0.396 e. The summed E-state index contributed by atoms with van der Waals surface area (Å²) in [4.78, 5) is 4.24. The molecule has 1 aliphatic rings. The Hall–Kier alpha value is -1.27. The van der Waals surface area contributed by atoms with Crippen molar-refractivity contribution >= 4 is 33.0 Å². The molecule has 6 heteroatoms. The maximum absolute atomic E-state index is 9.65. The molecule has 1 aliphatic carbocycles. The first-order chi connectivity index (χ1) is 9.13. The SMILES string of the molecule is Nc1cc(NC2(CO)CCCC2)cn2c(Br)cnc12. The minimum Gasteiger partial charge on any atom is -0.396 e. The van der Waals surface area contributed by atoms with Crippen LogP contribution in [0, 0.1) is 0 Å². The molecule has 0 saturated heterocycles. The monoisotopic (exact) mass is 324 g/mol. The fourth-order valence-corrected chi connectivity index (χ4v) is 3.21. The van der Waals surface area contributed by atoms with Crippen molar-refractivity contribution in [2.45, 2.75) is 31.2 Å². The van der Waals surface area contributed by atoms with Crippen LogP contribution in [0.5, 0.6) is 0 Å². The van der Waals surface area contributed by atoms with Gasteiger partial charge in [-0.3, -0.25) is 4.40 Å². The summed E-state index contributed by atoms with van der Waals surface area (Å²) in [6.07, 6.45) is 7.98. The average molecular weight is 325 g/mol. The molecule has 102 valence electrons. The Balaban J connectivity index is 1.98. The molecule has 19 heavy (non-hydrogen) atoms. The molecule has 2 aromatic heterocycles. The Labute approximate surface area is 120 Å². The number of imidazole rings is 1. The van der Waals surface area contributed by atoms with Gasteiger partial charge in [-0.2, -0.15) is 0 Å². The van der Waals surface area contributed by atoms with E-state index in [2.05, 4.69) is 26.2 Å². The molecule has 0 radical (unpaired) electrons. The van der Waals surface area contributed by atoms with Crippen LogP contribution >= 0.6 is 15.9 Å². The van der Waals surface area contributed by atoms with Crippen molar-refractivity contribution in [1.29, 1.82) is 0 Å². The third-order valence-corrected chi connectivity index (χ3v) is 4.45. The summed E-state index contributed by atoms with van der Waals surface area (Å²) < 4.78 is 2.76. The number of aliphatic hydroxyl groups excluding tert-OH is 1. The van der Waals surface area contributed by atoms with E-state index in [9.17, 15) is 5.11 Å². The van der Waals surface area contributed by atoms with Crippen molar-refractivity contribution in [2.75, 3.05) is 17.7 Å². The summed E-state index contributed by atoms with van der Waals surface area (Å²) in [7, 11) is 0. The second-order valence-corrected chi connectivity index (χ2v) is 6.04. The van der Waals surface area contributed by atoms with Gasteiger partial charge in [-0.15, -0.1) is 0 Å². The minimum absolute atomic E-state index is 0.149. The van der Waals surface area contributed by atoms with E-state index in [0.29, 0.717) is 5.69 Å². The second kappa shape index (κ2) is 4.68. The lowest BCUT2D eigenvalue weighted by Crippen LogP contribution is -2.39. The van der Waals surface area contributed by atoms with E-state index in [1.54, 1.807) is 6.20 Å². The molecule has 4 N–H and O–H groups in total. The number of rotatable bonds is 3. The van der Waals surface area contributed by atoms with Gasteiger partial charge in [-0.05, 0) is 34.8 Å².